The minimum atomic E-state index is 0. The third kappa shape index (κ3) is 4.49. The fourth-order valence-corrected chi connectivity index (χ4v) is 3.11. The molecule has 0 amide bonds. The minimum Gasteiger partial charge on any atom is -0.314 e. The van der Waals surface area contributed by atoms with Gasteiger partial charge in [-0.3, -0.25) is 9.25 Å². The van der Waals surface area contributed by atoms with Crippen LogP contribution in [0.2, 0.25) is 0 Å². The number of hydrogen-bond acceptors (Lipinski definition) is 5. The summed E-state index contributed by atoms with van der Waals surface area (Å²) in [5, 5.41) is 16.8. The first-order chi connectivity index (χ1) is 11.4. The molecule has 7 nitrogen and oxygen atoms in total. The van der Waals surface area contributed by atoms with Gasteiger partial charge in [0.1, 0.15) is 12.7 Å². The van der Waals surface area contributed by atoms with Crippen molar-refractivity contribution in [3.05, 3.63) is 37.1 Å². The fourth-order valence-electron chi connectivity index (χ4n) is 3.11. The van der Waals surface area contributed by atoms with Crippen LogP contribution in [0.4, 0.5) is 0 Å². The number of hydrogen-bond donors (Lipinski definition) is 1. The molecule has 1 N–H and O–H groups in total. The van der Waals surface area contributed by atoms with Crippen molar-refractivity contribution in [3.63, 3.8) is 0 Å². The summed E-state index contributed by atoms with van der Waals surface area (Å²) in [6.07, 6.45) is 6.49. The summed E-state index contributed by atoms with van der Waals surface area (Å²) in [5.41, 5.74) is 2.22. The Morgan fingerprint density at radius 2 is 1.76 bits per heavy atom. The van der Waals surface area contributed by atoms with E-state index in [9.17, 15) is 0 Å². The fraction of sp³-hybridized carbons (Fsp3) is 0.438. The van der Waals surface area contributed by atoms with Gasteiger partial charge in [0, 0.05) is 38.1 Å². The van der Waals surface area contributed by atoms with Crippen LogP contribution < -0.4 is 5.32 Å². The number of benzene rings is 1. The Bertz CT molecular complexity index is 766. The van der Waals surface area contributed by atoms with Crippen LogP contribution >= 0.6 is 24.8 Å². The molecular formula is C16H23Cl2N7. The van der Waals surface area contributed by atoms with Crippen molar-refractivity contribution < 1.29 is 0 Å². The van der Waals surface area contributed by atoms with Gasteiger partial charge in [0.15, 0.2) is 0 Å². The van der Waals surface area contributed by atoms with E-state index in [4.69, 9.17) is 0 Å². The van der Waals surface area contributed by atoms with E-state index >= 15 is 0 Å². The first-order valence-corrected chi connectivity index (χ1v) is 8.14. The van der Waals surface area contributed by atoms with Gasteiger partial charge in [-0.1, -0.05) is 0 Å². The Balaban J connectivity index is 0.00000113. The molecule has 1 aromatic carbocycles. The number of nitrogens with one attached hydrogen (secondary N) is 1. The summed E-state index contributed by atoms with van der Waals surface area (Å²) in [5.74, 6) is 0. The first-order valence-electron chi connectivity index (χ1n) is 8.14. The molecule has 25 heavy (non-hydrogen) atoms. The largest absolute Gasteiger partial charge is 0.314 e. The second-order valence-electron chi connectivity index (χ2n) is 5.93. The van der Waals surface area contributed by atoms with Crippen LogP contribution in [0.25, 0.3) is 16.6 Å². The van der Waals surface area contributed by atoms with E-state index in [1.807, 2.05) is 10.8 Å². The zero-order chi connectivity index (χ0) is 15.5. The predicted octanol–water partition coefficient (Wildman–Crippen LogP) is 1.76. The monoisotopic (exact) mass is 383 g/mol. The number of fused-ring (bicyclic) bond motifs is 1. The summed E-state index contributed by atoms with van der Waals surface area (Å²) in [7, 11) is 0. The maximum Gasteiger partial charge on any atom is 0.123 e. The molecule has 4 rings (SSSR count). The topological polar surface area (TPSA) is 63.8 Å². The number of nitrogens with zero attached hydrogens (tertiary/aromatic N) is 6. The molecule has 136 valence electrons. The molecule has 9 heteroatoms. The lowest BCUT2D eigenvalue weighted by Crippen LogP contribution is -2.43. The van der Waals surface area contributed by atoms with Gasteiger partial charge in [0.05, 0.1) is 17.4 Å². The highest BCUT2D eigenvalue weighted by Crippen LogP contribution is 2.18. The van der Waals surface area contributed by atoms with Gasteiger partial charge >= 0.3 is 0 Å². The average molecular weight is 384 g/mol. The molecule has 1 saturated heterocycles. The Morgan fingerprint density at radius 1 is 1.00 bits per heavy atom. The molecule has 0 unspecified atom stereocenters. The second kappa shape index (κ2) is 9.15. The molecule has 0 saturated carbocycles. The van der Waals surface area contributed by atoms with Crippen molar-refractivity contribution in [2.75, 3.05) is 32.7 Å². The molecule has 3 heterocycles. The van der Waals surface area contributed by atoms with Gasteiger partial charge in [-0.05, 0) is 31.2 Å². The van der Waals surface area contributed by atoms with Crippen molar-refractivity contribution in [2.24, 2.45) is 0 Å². The van der Waals surface area contributed by atoms with Gasteiger partial charge in [-0.2, -0.15) is 5.10 Å². The van der Waals surface area contributed by atoms with E-state index < -0.39 is 0 Å². The lowest BCUT2D eigenvalue weighted by Gasteiger charge is -2.27. The number of piperazine rings is 1. The lowest BCUT2D eigenvalue weighted by atomic mass is 10.2. The molecule has 1 aliphatic rings. The highest BCUT2D eigenvalue weighted by atomic mass is 35.5. The number of aromatic nitrogens is 5. The van der Waals surface area contributed by atoms with E-state index in [-0.39, 0.29) is 24.8 Å². The summed E-state index contributed by atoms with van der Waals surface area (Å²) in [4.78, 5) is 2.52. The van der Waals surface area contributed by atoms with Crippen LogP contribution in [0.1, 0.15) is 6.42 Å². The molecule has 1 fully saturated rings. The van der Waals surface area contributed by atoms with Crippen LogP contribution in [0.15, 0.2) is 37.1 Å². The highest BCUT2D eigenvalue weighted by molar-refractivity contribution is 5.85. The lowest BCUT2D eigenvalue weighted by molar-refractivity contribution is 0.234. The van der Waals surface area contributed by atoms with Crippen LogP contribution in [-0.4, -0.2) is 62.2 Å². The quantitative estimate of drug-likeness (QED) is 0.726. The van der Waals surface area contributed by atoms with Crippen molar-refractivity contribution in [3.8, 4) is 5.69 Å². The standard InChI is InChI=1S/C16H21N7.2ClH/c1(6-21-8-4-17-5-9-21)7-23-16-10-15(22-12-18-19-13-22)3-2-14(16)11-20-23;;/h2-3,10-13,17H,1,4-9H2;2*1H. The third-order valence-corrected chi connectivity index (χ3v) is 4.40. The van der Waals surface area contributed by atoms with Crippen molar-refractivity contribution in [1.82, 2.24) is 34.8 Å². The van der Waals surface area contributed by atoms with Crippen LogP contribution in [0.3, 0.4) is 0 Å². The molecule has 0 aliphatic carbocycles. The smallest absolute Gasteiger partial charge is 0.123 e. The predicted molar refractivity (Wildman–Crippen MR) is 103 cm³/mol. The Hall–Kier alpha value is -1.67. The second-order valence-corrected chi connectivity index (χ2v) is 5.93. The van der Waals surface area contributed by atoms with Crippen molar-refractivity contribution in [1.29, 1.82) is 0 Å². The maximum absolute atomic E-state index is 4.55. The van der Waals surface area contributed by atoms with Gasteiger partial charge in [-0.25, -0.2) is 0 Å². The maximum atomic E-state index is 4.55. The van der Waals surface area contributed by atoms with Gasteiger partial charge in [0.2, 0.25) is 0 Å². The summed E-state index contributed by atoms with van der Waals surface area (Å²) >= 11 is 0. The first kappa shape index (κ1) is 19.7. The Morgan fingerprint density at radius 3 is 2.52 bits per heavy atom. The SMILES string of the molecule is Cl.Cl.c1cc2cnn(CCCN3CCNCC3)c2cc1-n1cnnc1. The molecule has 0 spiro atoms. The normalized spacial score (nSPS) is 14.9. The van der Waals surface area contributed by atoms with Crippen LogP contribution in [0, 0.1) is 0 Å². The molecule has 0 bridgehead atoms. The Labute approximate surface area is 159 Å². The van der Waals surface area contributed by atoms with Crippen molar-refractivity contribution >= 4 is 35.7 Å². The van der Waals surface area contributed by atoms with E-state index in [0.717, 1.165) is 56.9 Å². The number of halogens is 2. The molecule has 1 aliphatic heterocycles. The number of aryl methyl sites for hydroxylation is 1. The summed E-state index contributed by atoms with van der Waals surface area (Å²) < 4.78 is 4.02. The highest BCUT2D eigenvalue weighted by Gasteiger charge is 2.10. The molecule has 0 atom stereocenters. The van der Waals surface area contributed by atoms with E-state index in [1.165, 1.54) is 5.39 Å². The molecular weight excluding hydrogens is 361 g/mol. The third-order valence-electron chi connectivity index (χ3n) is 4.40. The zero-order valence-corrected chi connectivity index (χ0v) is 15.5. The summed E-state index contributed by atoms with van der Waals surface area (Å²) in [6, 6.07) is 6.32. The summed E-state index contributed by atoms with van der Waals surface area (Å²) in [6.45, 7) is 6.59. The molecule has 3 aromatic rings. The van der Waals surface area contributed by atoms with E-state index in [1.54, 1.807) is 12.7 Å². The van der Waals surface area contributed by atoms with E-state index in [0.29, 0.717) is 0 Å². The van der Waals surface area contributed by atoms with Gasteiger partial charge in [-0.15, -0.1) is 35.0 Å². The van der Waals surface area contributed by atoms with Crippen LogP contribution in [-0.2, 0) is 6.54 Å². The zero-order valence-electron chi connectivity index (χ0n) is 13.9. The van der Waals surface area contributed by atoms with Crippen LogP contribution in [0.5, 0.6) is 0 Å². The molecule has 0 radical (unpaired) electrons. The minimum absolute atomic E-state index is 0. The van der Waals surface area contributed by atoms with Crippen molar-refractivity contribution in [2.45, 2.75) is 13.0 Å². The van der Waals surface area contributed by atoms with Gasteiger partial charge < -0.3 is 10.2 Å². The average Bonchev–Trinajstić information content (AvgIpc) is 3.25. The number of rotatable bonds is 5. The molecule has 2 aromatic heterocycles. The van der Waals surface area contributed by atoms with Gasteiger partial charge in [0.25, 0.3) is 0 Å². The van der Waals surface area contributed by atoms with E-state index in [2.05, 4.69) is 48.4 Å². The Kier molecular flexibility index (Phi) is 7.19.